The number of halogens is 3. The Morgan fingerprint density at radius 1 is 1.18 bits per heavy atom. The number of furan rings is 1. The van der Waals surface area contributed by atoms with Gasteiger partial charge in [0.15, 0.2) is 0 Å². The van der Waals surface area contributed by atoms with Crippen LogP contribution in [0.3, 0.4) is 0 Å². The number of sulfonamides is 1. The third-order valence-electron chi connectivity index (χ3n) is 5.28. The molecule has 1 fully saturated rings. The van der Waals surface area contributed by atoms with Crippen molar-refractivity contribution in [3.63, 3.8) is 0 Å². The zero-order valence-electron chi connectivity index (χ0n) is 17.1. The molecule has 1 aromatic carbocycles. The van der Waals surface area contributed by atoms with E-state index in [0.29, 0.717) is 29.8 Å². The fraction of sp³-hybridized carbons (Fsp3) is 0.286. The van der Waals surface area contributed by atoms with E-state index in [1.807, 2.05) is 0 Å². The van der Waals surface area contributed by atoms with E-state index in [1.54, 1.807) is 6.07 Å². The minimum absolute atomic E-state index is 0.00505. The minimum Gasteiger partial charge on any atom is -0.471 e. The SMILES string of the molecule is O=C(NCc1cc(-c2ccc(C(F)(F)F)cc2)ncn1)C1CCCN1S(=O)(=O)c1ccoc1. The van der Waals surface area contributed by atoms with Gasteiger partial charge in [0.05, 0.1) is 29.8 Å². The number of nitrogens with zero attached hydrogens (tertiary/aromatic N) is 3. The van der Waals surface area contributed by atoms with E-state index in [0.717, 1.165) is 22.7 Å². The summed E-state index contributed by atoms with van der Waals surface area (Å²) in [4.78, 5) is 20.9. The van der Waals surface area contributed by atoms with Gasteiger partial charge in [-0.2, -0.15) is 17.5 Å². The van der Waals surface area contributed by atoms with Crippen molar-refractivity contribution in [2.24, 2.45) is 0 Å². The molecule has 0 saturated carbocycles. The zero-order valence-corrected chi connectivity index (χ0v) is 17.9. The van der Waals surface area contributed by atoms with Gasteiger partial charge in [0, 0.05) is 12.1 Å². The Morgan fingerprint density at radius 3 is 2.61 bits per heavy atom. The summed E-state index contributed by atoms with van der Waals surface area (Å²) in [5.74, 6) is -0.464. The molecule has 0 bridgehead atoms. The van der Waals surface area contributed by atoms with E-state index in [4.69, 9.17) is 4.42 Å². The van der Waals surface area contributed by atoms with Gasteiger partial charge >= 0.3 is 6.18 Å². The lowest BCUT2D eigenvalue weighted by atomic mass is 10.1. The Labute approximate surface area is 187 Å². The van der Waals surface area contributed by atoms with Crippen molar-refractivity contribution in [1.29, 1.82) is 0 Å². The number of benzene rings is 1. The molecule has 1 aliphatic rings. The molecule has 3 heterocycles. The zero-order chi connectivity index (χ0) is 23.6. The molecule has 1 aliphatic heterocycles. The van der Waals surface area contributed by atoms with Crippen molar-refractivity contribution in [3.05, 3.63) is 66.5 Å². The van der Waals surface area contributed by atoms with Gasteiger partial charge in [0.2, 0.25) is 15.9 Å². The minimum atomic E-state index is -4.43. The fourth-order valence-electron chi connectivity index (χ4n) is 3.60. The van der Waals surface area contributed by atoms with Crippen LogP contribution in [-0.4, -0.2) is 41.2 Å². The summed E-state index contributed by atoms with van der Waals surface area (Å²) in [5.41, 5.74) is 0.522. The molecule has 1 unspecified atom stereocenters. The van der Waals surface area contributed by atoms with E-state index in [2.05, 4.69) is 15.3 Å². The number of alkyl halides is 3. The van der Waals surface area contributed by atoms with Crippen LogP contribution in [0.2, 0.25) is 0 Å². The predicted molar refractivity (Wildman–Crippen MR) is 110 cm³/mol. The van der Waals surface area contributed by atoms with Gasteiger partial charge in [-0.15, -0.1) is 0 Å². The molecule has 1 atom stereocenters. The van der Waals surface area contributed by atoms with Gasteiger partial charge in [-0.1, -0.05) is 12.1 Å². The Morgan fingerprint density at radius 2 is 1.94 bits per heavy atom. The van der Waals surface area contributed by atoms with Crippen LogP contribution in [0.4, 0.5) is 13.2 Å². The van der Waals surface area contributed by atoms with Crippen molar-refractivity contribution in [1.82, 2.24) is 19.6 Å². The van der Waals surface area contributed by atoms with Gasteiger partial charge in [-0.25, -0.2) is 18.4 Å². The van der Waals surface area contributed by atoms with E-state index < -0.39 is 33.7 Å². The molecule has 0 aliphatic carbocycles. The number of amides is 1. The Bertz CT molecular complexity index is 1230. The molecule has 174 valence electrons. The number of nitrogens with one attached hydrogen (secondary N) is 1. The van der Waals surface area contributed by atoms with Crippen LogP contribution >= 0.6 is 0 Å². The number of aromatic nitrogens is 2. The van der Waals surface area contributed by atoms with Gasteiger partial charge in [-0.3, -0.25) is 4.79 Å². The number of hydrogen-bond acceptors (Lipinski definition) is 6. The van der Waals surface area contributed by atoms with Crippen molar-refractivity contribution in [3.8, 4) is 11.3 Å². The van der Waals surface area contributed by atoms with Crippen molar-refractivity contribution in [2.75, 3.05) is 6.54 Å². The second-order valence-corrected chi connectivity index (χ2v) is 9.31. The third kappa shape index (κ3) is 4.91. The number of hydrogen-bond donors (Lipinski definition) is 1. The summed E-state index contributed by atoms with van der Waals surface area (Å²) in [6, 6.07) is 6.57. The summed E-state index contributed by atoms with van der Waals surface area (Å²) in [6.45, 7) is 0.224. The highest BCUT2D eigenvalue weighted by Crippen LogP contribution is 2.31. The third-order valence-corrected chi connectivity index (χ3v) is 7.17. The van der Waals surface area contributed by atoms with E-state index >= 15 is 0 Å². The molecule has 8 nitrogen and oxygen atoms in total. The monoisotopic (exact) mass is 480 g/mol. The van der Waals surface area contributed by atoms with Crippen LogP contribution in [0.5, 0.6) is 0 Å². The lowest BCUT2D eigenvalue weighted by Gasteiger charge is -2.22. The normalized spacial score (nSPS) is 17.2. The Kier molecular flexibility index (Phi) is 6.21. The molecule has 0 radical (unpaired) electrons. The quantitative estimate of drug-likeness (QED) is 0.581. The number of carbonyl (C=O) groups is 1. The second-order valence-electron chi connectivity index (χ2n) is 7.42. The average Bonchev–Trinajstić information content (AvgIpc) is 3.50. The molecule has 1 amide bonds. The Balaban J connectivity index is 1.44. The molecular weight excluding hydrogens is 461 g/mol. The molecular formula is C21H19F3N4O4S. The lowest BCUT2D eigenvalue weighted by molar-refractivity contribution is -0.137. The largest absolute Gasteiger partial charge is 0.471 e. The first-order valence-electron chi connectivity index (χ1n) is 9.96. The lowest BCUT2D eigenvalue weighted by Crippen LogP contribution is -2.45. The van der Waals surface area contributed by atoms with Crippen LogP contribution in [-0.2, 0) is 27.5 Å². The fourth-order valence-corrected chi connectivity index (χ4v) is 5.18. The molecule has 33 heavy (non-hydrogen) atoms. The molecule has 1 N–H and O–H groups in total. The van der Waals surface area contributed by atoms with Crippen molar-refractivity contribution in [2.45, 2.75) is 36.5 Å². The van der Waals surface area contributed by atoms with Crippen LogP contribution in [0, 0.1) is 0 Å². The highest BCUT2D eigenvalue weighted by atomic mass is 32.2. The van der Waals surface area contributed by atoms with Crippen LogP contribution in [0.25, 0.3) is 11.3 Å². The first-order chi connectivity index (χ1) is 15.7. The van der Waals surface area contributed by atoms with Crippen molar-refractivity contribution >= 4 is 15.9 Å². The first-order valence-corrected chi connectivity index (χ1v) is 11.4. The maximum atomic E-state index is 12.8. The molecule has 0 spiro atoms. The Hall–Kier alpha value is -3.25. The van der Waals surface area contributed by atoms with Crippen LogP contribution in [0.1, 0.15) is 24.1 Å². The molecule has 3 aromatic rings. The van der Waals surface area contributed by atoms with Crippen LogP contribution in [0.15, 0.2) is 64.6 Å². The molecule has 12 heteroatoms. The smallest absolute Gasteiger partial charge is 0.416 e. The van der Waals surface area contributed by atoms with Gasteiger partial charge in [-0.05, 0) is 37.1 Å². The molecule has 4 rings (SSSR count). The number of rotatable bonds is 6. The van der Waals surface area contributed by atoms with Gasteiger partial charge in [0.1, 0.15) is 23.5 Å². The van der Waals surface area contributed by atoms with E-state index in [-0.39, 0.29) is 18.0 Å². The summed E-state index contributed by atoms with van der Waals surface area (Å²) < 4.78 is 69.8. The van der Waals surface area contributed by atoms with Crippen LogP contribution < -0.4 is 5.32 Å². The molecule has 1 saturated heterocycles. The summed E-state index contributed by atoms with van der Waals surface area (Å²) >= 11 is 0. The summed E-state index contributed by atoms with van der Waals surface area (Å²) in [6.07, 6.45) is 0.108. The number of carbonyl (C=O) groups excluding carboxylic acids is 1. The summed E-state index contributed by atoms with van der Waals surface area (Å²) in [5, 5.41) is 2.69. The van der Waals surface area contributed by atoms with Crippen molar-refractivity contribution < 1.29 is 30.8 Å². The van der Waals surface area contributed by atoms with Gasteiger partial charge < -0.3 is 9.73 Å². The standard InChI is InChI=1S/C21H19F3N4O4S/c22-21(23,24)15-5-3-14(4-6-15)18-10-16(26-13-27-18)11-25-20(29)19-2-1-8-28(19)33(30,31)17-7-9-32-12-17/h3-7,9-10,12-13,19H,1-2,8,11H2,(H,25,29). The van der Waals surface area contributed by atoms with E-state index in [1.165, 1.54) is 30.8 Å². The maximum absolute atomic E-state index is 12.8. The average molecular weight is 480 g/mol. The molecule has 2 aromatic heterocycles. The topological polar surface area (TPSA) is 105 Å². The first kappa shape index (κ1) is 22.9. The highest BCUT2D eigenvalue weighted by molar-refractivity contribution is 7.89. The highest BCUT2D eigenvalue weighted by Gasteiger charge is 2.39. The predicted octanol–water partition coefficient (Wildman–Crippen LogP) is 3.22. The maximum Gasteiger partial charge on any atom is 0.416 e. The summed E-state index contributed by atoms with van der Waals surface area (Å²) in [7, 11) is -3.86. The van der Waals surface area contributed by atoms with E-state index in [9.17, 15) is 26.4 Å². The second kappa shape index (κ2) is 8.94. The van der Waals surface area contributed by atoms with Gasteiger partial charge in [0.25, 0.3) is 0 Å².